The molecule has 4 nitrogen and oxygen atoms in total. The zero-order valence-electron chi connectivity index (χ0n) is 16.9. The summed E-state index contributed by atoms with van der Waals surface area (Å²) < 4.78 is 20.9. The summed E-state index contributed by atoms with van der Waals surface area (Å²) in [4.78, 5) is 4.84. The van der Waals surface area contributed by atoms with Crippen molar-refractivity contribution in [1.82, 2.24) is 9.55 Å². The number of hydrogen-bond donors (Lipinski definition) is 1. The van der Waals surface area contributed by atoms with Gasteiger partial charge in [-0.25, -0.2) is 9.37 Å². The van der Waals surface area contributed by atoms with Crippen molar-refractivity contribution in [2.75, 3.05) is 0 Å². The number of imidazole rings is 1. The van der Waals surface area contributed by atoms with Crippen LogP contribution in [0.4, 0.5) is 4.39 Å². The van der Waals surface area contributed by atoms with Crippen molar-refractivity contribution >= 4 is 0 Å². The van der Waals surface area contributed by atoms with Crippen LogP contribution in [0.15, 0.2) is 79.0 Å². The van der Waals surface area contributed by atoms with Gasteiger partial charge in [0.05, 0.1) is 5.69 Å². The Morgan fingerprint density at radius 3 is 2.10 bits per heavy atom. The maximum Gasteiger partial charge on any atom is 0.127 e. The summed E-state index contributed by atoms with van der Waals surface area (Å²) in [6.07, 6.45) is 2.85. The van der Waals surface area contributed by atoms with Crippen LogP contribution in [0, 0.1) is 11.7 Å². The number of halogens is 1. The van der Waals surface area contributed by atoms with E-state index in [2.05, 4.69) is 18.4 Å². The molecule has 0 atom stereocenters. The van der Waals surface area contributed by atoms with E-state index in [1.165, 1.54) is 12.1 Å². The molecule has 0 aliphatic rings. The molecule has 3 aromatic carbocycles. The number of aromatic hydroxyl groups is 1. The molecule has 0 aliphatic heterocycles. The minimum atomic E-state index is -0.292. The van der Waals surface area contributed by atoms with Crippen molar-refractivity contribution < 1.29 is 14.2 Å². The highest BCUT2D eigenvalue weighted by Gasteiger charge is 2.13. The van der Waals surface area contributed by atoms with Gasteiger partial charge in [0.2, 0.25) is 0 Å². The summed E-state index contributed by atoms with van der Waals surface area (Å²) in [7, 11) is 0. The van der Waals surface area contributed by atoms with Crippen LogP contribution in [0.2, 0.25) is 0 Å². The fraction of sp³-hybridized carbons (Fsp3) is 0.160. The molecule has 0 bridgehead atoms. The van der Waals surface area contributed by atoms with Crippen LogP contribution in [-0.4, -0.2) is 14.7 Å². The van der Waals surface area contributed by atoms with Gasteiger partial charge in [0.15, 0.2) is 0 Å². The molecule has 1 heterocycles. The Morgan fingerprint density at radius 1 is 0.900 bits per heavy atom. The zero-order chi connectivity index (χ0) is 21.1. The monoisotopic (exact) mass is 402 g/mol. The van der Waals surface area contributed by atoms with Gasteiger partial charge in [-0.3, -0.25) is 0 Å². The predicted molar refractivity (Wildman–Crippen MR) is 116 cm³/mol. The Bertz CT molecular complexity index is 1120. The minimum absolute atomic E-state index is 0.234. The average molecular weight is 402 g/mol. The first-order chi connectivity index (χ1) is 14.5. The van der Waals surface area contributed by atoms with Gasteiger partial charge in [0.25, 0.3) is 0 Å². The van der Waals surface area contributed by atoms with Gasteiger partial charge in [-0.2, -0.15) is 0 Å². The maximum absolute atomic E-state index is 13.1. The average Bonchev–Trinajstić information content (AvgIpc) is 3.14. The summed E-state index contributed by atoms with van der Waals surface area (Å²) in [5, 5.41) is 9.55. The lowest BCUT2D eigenvalue weighted by Gasteiger charge is -2.11. The van der Waals surface area contributed by atoms with E-state index in [4.69, 9.17) is 9.72 Å². The summed E-state index contributed by atoms with van der Waals surface area (Å²) in [6.45, 7) is 4.33. The van der Waals surface area contributed by atoms with Gasteiger partial charge in [-0.05, 0) is 78.7 Å². The number of aromatic nitrogens is 2. The predicted octanol–water partition coefficient (Wildman–Crippen LogP) is 6.37. The highest BCUT2D eigenvalue weighted by Crippen LogP contribution is 2.27. The molecule has 0 saturated heterocycles. The molecule has 0 radical (unpaired) electrons. The van der Waals surface area contributed by atoms with Gasteiger partial charge in [-0.1, -0.05) is 13.8 Å². The lowest BCUT2D eigenvalue weighted by molar-refractivity contribution is 0.475. The van der Waals surface area contributed by atoms with Crippen molar-refractivity contribution in [2.45, 2.75) is 20.3 Å². The number of ether oxygens (including phenoxy) is 1. The van der Waals surface area contributed by atoms with Crippen LogP contribution in [0.5, 0.6) is 17.2 Å². The molecule has 5 heteroatoms. The SMILES string of the molecule is CC(C)Cc1nc(-c2ccc(O)cc2)cn1-c1ccc(Oc2ccc(F)cc2)cc1. The number of rotatable bonds is 6. The Kier molecular flexibility index (Phi) is 5.53. The molecular formula is C25H23FN2O2. The molecule has 1 aromatic heterocycles. The van der Waals surface area contributed by atoms with E-state index in [1.54, 1.807) is 24.3 Å². The molecule has 0 amide bonds. The van der Waals surface area contributed by atoms with Gasteiger partial charge >= 0.3 is 0 Å². The van der Waals surface area contributed by atoms with Gasteiger partial charge in [0.1, 0.15) is 28.9 Å². The topological polar surface area (TPSA) is 47.3 Å². The third-order valence-corrected chi connectivity index (χ3v) is 4.70. The summed E-state index contributed by atoms with van der Waals surface area (Å²) >= 11 is 0. The first-order valence-electron chi connectivity index (χ1n) is 9.89. The highest BCUT2D eigenvalue weighted by atomic mass is 19.1. The van der Waals surface area contributed by atoms with Crippen molar-refractivity contribution in [3.05, 3.63) is 90.6 Å². The van der Waals surface area contributed by atoms with Crippen LogP contribution in [0.3, 0.4) is 0 Å². The van der Waals surface area contributed by atoms with E-state index in [9.17, 15) is 9.50 Å². The quantitative estimate of drug-likeness (QED) is 0.407. The first kappa shape index (κ1) is 19.7. The second kappa shape index (κ2) is 8.41. The van der Waals surface area contributed by atoms with Crippen molar-refractivity contribution in [3.63, 3.8) is 0 Å². The van der Waals surface area contributed by atoms with Crippen LogP contribution in [0.1, 0.15) is 19.7 Å². The second-order valence-corrected chi connectivity index (χ2v) is 7.61. The Hall–Kier alpha value is -3.60. The van der Waals surface area contributed by atoms with E-state index in [0.717, 1.165) is 29.2 Å². The third kappa shape index (κ3) is 4.51. The summed E-state index contributed by atoms with van der Waals surface area (Å²) in [5.74, 6) is 2.63. The molecular weight excluding hydrogens is 379 g/mol. The fourth-order valence-electron chi connectivity index (χ4n) is 3.24. The molecule has 4 aromatic rings. The molecule has 152 valence electrons. The molecule has 1 N–H and O–H groups in total. The Balaban J connectivity index is 1.63. The van der Waals surface area contributed by atoms with E-state index in [1.807, 2.05) is 42.6 Å². The Morgan fingerprint density at radius 2 is 1.50 bits per heavy atom. The standard InChI is InChI=1S/C25H23FN2O2/c1-17(2)15-25-27-24(18-3-9-21(29)10-4-18)16-28(25)20-7-13-23(14-8-20)30-22-11-5-19(26)6-12-22/h3-14,16-17,29H,15H2,1-2H3. The Labute approximate surface area is 175 Å². The number of hydrogen-bond acceptors (Lipinski definition) is 3. The van der Waals surface area contributed by atoms with Crippen LogP contribution < -0.4 is 4.74 Å². The largest absolute Gasteiger partial charge is 0.508 e. The van der Waals surface area contributed by atoms with Gasteiger partial charge < -0.3 is 14.4 Å². The maximum atomic E-state index is 13.1. The highest BCUT2D eigenvalue weighted by molar-refractivity contribution is 5.60. The lowest BCUT2D eigenvalue weighted by atomic mass is 10.1. The smallest absolute Gasteiger partial charge is 0.127 e. The molecule has 0 fully saturated rings. The zero-order valence-corrected chi connectivity index (χ0v) is 16.9. The van der Waals surface area contributed by atoms with Crippen molar-refractivity contribution in [3.8, 4) is 34.2 Å². The molecule has 0 aliphatic carbocycles. The molecule has 0 spiro atoms. The molecule has 4 rings (SSSR count). The summed E-state index contributed by atoms with van der Waals surface area (Å²) in [5.41, 5.74) is 2.79. The summed E-state index contributed by atoms with van der Waals surface area (Å²) in [6, 6.07) is 20.7. The number of phenolic OH excluding ortho intramolecular Hbond substituents is 1. The van der Waals surface area contributed by atoms with Gasteiger partial charge in [-0.15, -0.1) is 0 Å². The number of benzene rings is 3. The number of phenols is 1. The second-order valence-electron chi connectivity index (χ2n) is 7.61. The third-order valence-electron chi connectivity index (χ3n) is 4.70. The molecule has 30 heavy (non-hydrogen) atoms. The molecule has 0 unspecified atom stereocenters. The van der Waals surface area contributed by atoms with Crippen LogP contribution in [0.25, 0.3) is 16.9 Å². The number of nitrogens with zero attached hydrogens (tertiary/aromatic N) is 2. The van der Waals surface area contributed by atoms with Crippen molar-refractivity contribution in [2.24, 2.45) is 5.92 Å². The van der Waals surface area contributed by atoms with Crippen LogP contribution >= 0.6 is 0 Å². The fourth-order valence-corrected chi connectivity index (χ4v) is 3.24. The first-order valence-corrected chi connectivity index (χ1v) is 9.89. The van der Waals surface area contributed by atoms with E-state index in [0.29, 0.717) is 17.4 Å². The normalized spacial score (nSPS) is 11.1. The van der Waals surface area contributed by atoms with E-state index >= 15 is 0 Å². The van der Waals surface area contributed by atoms with Gasteiger partial charge in [0, 0.05) is 23.9 Å². The van der Waals surface area contributed by atoms with E-state index < -0.39 is 0 Å². The van der Waals surface area contributed by atoms with Crippen LogP contribution in [-0.2, 0) is 6.42 Å². The molecule has 0 saturated carbocycles. The lowest BCUT2D eigenvalue weighted by Crippen LogP contribution is -2.04. The minimum Gasteiger partial charge on any atom is -0.508 e. The van der Waals surface area contributed by atoms with E-state index in [-0.39, 0.29) is 11.6 Å². The van der Waals surface area contributed by atoms with Crippen molar-refractivity contribution in [1.29, 1.82) is 0 Å².